The van der Waals surface area contributed by atoms with Crippen LogP contribution in [0.5, 0.6) is 0 Å². The minimum absolute atomic E-state index is 0.505. The number of pyridine rings is 1. The Kier molecular flexibility index (Phi) is 5.20. The van der Waals surface area contributed by atoms with E-state index in [1.54, 1.807) is 17.1 Å². The number of aromatic nitrogens is 4. The van der Waals surface area contributed by atoms with E-state index < -0.39 is 0 Å². The van der Waals surface area contributed by atoms with E-state index in [0.717, 1.165) is 24.5 Å². The Morgan fingerprint density at radius 2 is 2.10 bits per heavy atom. The van der Waals surface area contributed by atoms with Crippen molar-refractivity contribution < 1.29 is 0 Å². The van der Waals surface area contributed by atoms with Gasteiger partial charge in [0.25, 0.3) is 0 Å². The van der Waals surface area contributed by atoms with Gasteiger partial charge in [-0.05, 0) is 30.9 Å². The summed E-state index contributed by atoms with van der Waals surface area (Å²) in [5, 5.41) is 13.3. The largest absolute Gasteiger partial charge is 0.303 e. The molecule has 110 valence electrons. The van der Waals surface area contributed by atoms with Crippen LogP contribution in [0.25, 0.3) is 11.4 Å². The van der Waals surface area contributed by atoms with Gasteiger partial charge in [-0.2, -0.15) is 10.4 Å². The summed E-state index contributed by atoms with van der Waals surface area (Å²) < 4.78 is 4.35. The fraction of sp³-hybridized carbons (Fsp3) is 0.429. The van der Waals surface area contributed by atoms with Gasteiger partial charge in [-0.1, -0.05) is 6.92 Å². The van der Waals surface area contributed by atoms with Crippen molar-refractivity contribution >= 4 is 12.2 Å². The van der Waals surface area contributed by atoms with Crippen LogP contribution in [-0.2, 0) is 13.7 Å². The van der Waals surface area contributed by atoms with Crippen molar-refractivity contribution in [3.05, 3.63) is 29.3 Å². The molecule has 0 saturated carbocycles. The summed E-state index contributed by atoms with van der Waals surface area (Å²) >= 11 is 5.45. The average molecular weight is 302 g/mol. The summed E-state index contributed by atoms with van der Waals surface area (Å²) in [4.78, 5) is 6.16. The molecule has 0 aliphatic rings. The number of nitriles is 1. The smallest absolute Gasteiger partial charge is 0.199 e. The SMILES string of the molecule is CCN(CCC#N)Cn1nc(-c2ccncc2)n(C)c1=S. The van der Waals surface area contributed by atoms with Gasteiger partial charge in [0.2, 0.25) is 0 Å². The Balaban J connectivity index is 2.26. The minimum Gasteiger partial charge on any atom is -0.303 e. The third-order valence-corrected chi connectivity index (χ3v) is 3.79. The minimum atomic E-state index is 0.505. The number of hydrogen-bond donors (Lipinski definition) is 0. The molecule has 0 spiro atoms. The van der Waals surface area contributed by atoms with Crippen LogP contribution in [-0.4, -0.2) is 37.3 Å². The summed E-state index contributed by atoms with van der Waals surface area (Å²) in [6.45, 7) is 4.23. The van der Waals surface area contributed by atoms with Gasteiger partial charge in [-0.15, -0.1) is 0 Å². The summed E-state index contributed by atoms with van der Waals surface area (Å²) in [5.74, 6) is 0.818. The predicted octanol–water partition coefficient (Wildman–Crippen LogP) is 2.21. The first-order valence-corrected chi connectivity index (χ1v) is 7.21. The van der Waals surface area contributed by atoms with Gasteiger partial charge in [0, 0.05) is 38.0 Å². The fourth-order valence-electron chi connectivity index (χ4n) is 2.06. The molecule has 0 saturated heterocycles. The maximum atomic E-state index is 8.70. The average Bonchev–Trinajstić information content (AvgIpc) is 2.80. The lowest BCUT2D eigenvalue weighted by Crippen LogP contribution is -2.28. The van der Waals surface area contributed by atoms with Crippen molar-refractivity contribution in [1.82, 2.24) is 24.2 Å². The van der Waals surface area contributed by atoms with Crippen LogP contribution < -0.4 is 0 Å². The summed E-state index contributed by atoms with van der Waals surface area (Å²) in [6.07, 6.45) is 3.98. The van der Waals surface area contributed by atoms with Gasteiger partial charge in [-0.3, -0.25) is 9.88 Å². The van der Waals surface area contributed by atoms with Gasteiger partial charge in [-0.25, -0.2) is 4.68 Å². The maximum absolute atomic E-state index is 8.70. The molecular formula is C14H18N6S. The van der Waals surface area contributed by atoms with Crippen LogP contribution in [0.3, 0.4) is 0 Å². The Bertz CT molecular complexity index is 682. The van der Waals surface area contributed by atoms with E-state index in [0.29, 0.717) is 17.9 Å². The summed E-state index contributed by atoms with van der Waals surface area (Å²) in [7, 11) is 1.91. The standard InChI is InChI=1S/C14H18N6S/c1-3-19(10-4-7-15)11-20-14(21)18(2)13(17-20)12-5-8-16-9-6-12/h5-6,8-9H,3-4,10-11H2,1-2H3. The van der Waals surface area contributed by atoms with Crippen molar-refractivity contribution in [2.75, 3.05) is 13.1 Å². The first-order valence-electron chi connectivity index (χ1n) is 6.81. The predicted molar refractivity (Wildman–Crippen MR) is 82.7 cm³/mol. The van der Waals surface area contributed by atoms with Gasteiger partial charge in [0.05, 0.1) is 12.7 Å². The molecular weight excluding hydrogens is 284 g/mol. The number of rotatable bonds is 6. The molecule has 0 unspecified atom stereocenters. The van der Waals surface area contributed by atoms with Crippen molar-refractivity contribution in [2.24, 2.45) is 7.05 Å². The summed E-state index contributed by atoms with van der Waals surface area (Å²) in [6, 6.07) is 5.99. The second-order valence-electron chi connectivity index (χ2n) is 4.66. The van der Waals surface area contributed by atoms with E-state index in [1.165, 1.54) is 0 Å². The van der Waals surface area contributed by atoms with Gasteiger partial charge in [0.15, 0.2) is 10.6 Å². The first-order chi connectivity index (χ1) is 10.2. The molecule has 2 heterocycles. The number of hydrogen-bond acceptors (Lipinski definition) is 5. The fourth-order valence-corrected chi connectivity index (χ4v) is 2.24. The van der Waals surface area contributed by atoms with E-state index in [4.69, 9.17) is 17.5 Å². The highest BCUT2D eigenvalue weighted by atomic mass is 32.1. The molecule has 2 aromatic rings. The quantitative estimate of drug-likeness (QED) is 0.766. The van der Waals surface area contributed by atoms with Crippen molar-refractivity contribution in [1.29, 1.82) is 5.26 Å². The Hall–Kier alpha value is -2.04. The first kappa shape index (κ1) is 15.4. The molecule has 2 aromatic heterocycles. The van der Waals surface area contributed by atoms with E-state index in [2.05, 4.69) is 28.0 Å². The van der Waals surface area contributed by atoms with Crippen LogP contribution in [0, 0.1) is 16.1 Å². The normalized spacial score (nSPS) is 10.8. The molecule has 6 nitrogen and oxygen atoms in total. The van der Waals surface area contributed by atoms with E-state index in [9.17, 15) is 0 Å². The molecule has 0 fully saturated rings. The maximum Gasteiger partial charge on any atom is 0.199 e. The van der Waals surface area contributed by atoms with Gasteiger partial charge >= 0.3 is 0 Å². The highest BCUT2D eigenvalue weighted by Crippen LogP contribution is 2.16. The van der Waals surface area contributed by atoms with Gasteiger partial charge in [0.1, 0.15) is 0 Å². The molecule has 2 rings (SSSR count). The van der Waals surface area contributed by atoms with E-state index >= 15 is 0 Å². The van der Waals surface area contributed by atoms with E-state index in [-0.39, 0.29) is 0 Å². The lowest BCUT2D eigenvalue weighted by atomic mass is 10.2. The molecule has 0 amide bonds. The molecule has 0 aliphatic heterocycles. The lowest BCUT2D eigenvalue weighted by molar-refractivity contribution is 0.220. The molecule has 0 aliphatic carbocycles. The highest BCUT2D eigenvalue weighted by Gasteiger charge is 2.11. The van der Waals surface area contributed by atoms with E-state index in [1.807, 2.05) is 23.7 Å². The molecule has 0 radical (unpaired) electrons. The molecule has 7 heteroatoms. The van der Waals surface area contributed by atoms with Crippen LogP contribution in [0.1, 0.15) is 13.3 Å². The molecule has 21 heavy (non-hydrogen) atoms. The lowest BCUT2D eigenvalue weighted by Gasteiger charge is -2.18. The monoisotopic (exact) mass is 302 g/mol. The van der Waals surface area contributed by atoms with Crippen LogP contribution in [0.2, 0.25) is 0 Å². The molecule has 0 N–H and O–H groups in total. The zero-order valence-electron chi connectivity index (χ0n) is 12.2. The van der Waals surface area contributed by atoms with Crippen molar-refractivity contribution in [2.45, 2.75) is 20.0 Å². The molecule has 0 atom stereocenters. The van der Waals surface area contributed by atoms with Crippen molar-refractivity contribution in [3.8, 4) is 17.5 Å². The summed E-state index contributed by atoms with van der Waals surface area (Å²) in [5.41, 5.74) is 0.984. The molecule has 0 aromatic carbocycles. The Morgan fingerprint density at radius 1 is 1.38 bits per heavy atom. The zero-order chi connectivity index (χ0) is 15.2. The second-order valence-corrected chi connectivity index (χ2v) is 5.03. The topological polar surface area (TPSA) is 62.7 Å². The Labute approximate surface area is 129 Å². The van der Waals surface area contributed by atoms with Crippen LogP contribution in [0.15, 0.2) is 24.5 Å². The number of nitrogens with zero attached hydrogens (tertiary/aromatic N) is 6. The van der Waals surface area contributed by atoms with Gasteiger partial charge < -0.3 is 4.57 Å². The molecule has 0 bridgehead atoms. The highest BCUT2D eigenvalue weighted by molar-refractivity contribution is 7.71. The van der Waals surface area contributed by atoms with Crippen LogP contribution in [0.4, 0.5) is 0 Å². The van der Waals surface area contributed by atoms with Crippen LogP contribution >= 0.6 is 12.2 Å². The second kappa shape index (κ2) is 7.11. The third-order valence-electron chi connectivity index (χ3n) is 3.30. The Morgan fingerprint density at radius 3 is 2.71 bits per heavy atom. The third kappa shape index (κ3) is 3.54. The van der Waals surface area contributed by atoms with Crippen molar-refractivity contribution in [3.63, 3.8) is 0 Å². The zero-order valence-corrected chi connectivity index (χ0v) is 13.0.